The molecule has 2 aromatic heterocycles. The number of pyridine rings is 1. The lowest BCUT2D eigenvalue weighted by Gasteiger charge is -2.09. The van der Waals surface area contributed by atoms with Crippen LogP contribution in [0, 0.1) is 0 Å². The number of hydrogen-bond acceptors (Lipinski definition) is 4. The Hall–Kier alpha value is -2.04. The molecule has 0 saturated carbocycles. The predicted molar refractivity (Wildman–Crippen MR) is 73.7 cm³/mol. The molecule has 0 bridgehead atoms. The number of rotatable bonds is 7. The van der Waals surface area contributed by atoms with Gasteiger partial charge in [0.25, 0.3) is 0 Å². The van der Waals surface area contributed by atoms with E-state index in [-0.39, 0.29) is 0 Å². The van der Waals surface area contributed by atoms with Gasteiger partial charge in [-0.05, 0) is 12.5 Å². The molecule has 0 spiro atoms. The standard InChI is InChI=1S/C13H19N5/c1-2-3-16-12-8-13(10-15-9-12)17-5-7-18-6-4-14-11-18/h4,6,8-11,16-17H,2-3,5,7H2,1H3. The normalized spacial score (nSPS) is 10.3. The summed E-state index contributed by atoms with van der Waals surface area (Å²) in [5.41, 5.74) is 2.10. The molecule has 2 aromatic rings. The molecule has 0 aliphatic carbocycles. The van der Waals surface area contributed by atoms with E-state index in [0.717, 1.165) is 37.4 Å². The minimum Gasteiger partial charge on any atom is -0.384 e. The third kappa shape index (κ3) is 3.76. The molecule has 18 heavy (non-hydrogen) atoms. The molecule has 96 valence electrons. The van der Waals surface area contributed by atoms with Gasteiger partial charge >= 0.3 is 0 Å². The largest absolute Gasteiger partial charge is 0.384 e. The minimum absolute atomic E-state index is 0.856. The van der Waals surface area contributed by atoms with Crippen LogP contribution in [0.5, 0.6) is 0 Å². The summed E-state index contributed by atoms with van der Waals surface area (Å²) in [4.78, 5) is 8.22. The molecular formula is C13H19N5. The fraction of sp³-hybridized carbons (Fsp3) is 0.385. The van der Waals surface area contributed by atoms with Crippen LogP contribution in [0.4, 0.5) is 11.4 Å². The first-order valence-corrected chi connectivity index (χ1v) is 6.27. The zero-order valence-corrected chi connectivity index (χ0v) is 10.6. The maximum absolute atomic E-state index is 4.21. The topological polar surface area (TPSA) is 54.8 Å². The van der Waals surface area contributed by atoms with Gasteiger partial charge in [-0.2, -0.15) is 0 Å². The molecule has 5 nitrogen and oxygen atoms in total. The number of aromatic nitrogens is 3. The van der Waals surface area contributed by atoms with Crippen LogP contribution in [0.15, 0.2) is 37.2 Å². The predicted octanol–water partition coefficient (Wildman–Crippen LogP) is 2.21. The summed E-state index contributed by atoms with van der Waals surface area (Å²) >= 11 is 0. The summed E-state index contributed by atoms with van der Waals surface area (Å²) < 4.78 is 2.04. The molecule has 2 N–H and O–H groups in total. The van der Waals surface area contributed by atoms with E-state index in [9.17, 15) is 0 Å². The molecular weight excluding hydrogens is 226 g/mol. The fourth-order valence-electron chi connectivity index (χ4n) is 1.65. The molecule has 2 heterocycles. The van der Waals surface area contributed by atoms with Crippen molar-refractivity contribution in [2.75, 3.05) is 23.7 Å². The Balaban J connectivity index is 1.81. The second-order valence-electron chi connectivity index (χ2n) is 4.12. The van der Waals surface area contributed by atoms with Gasteiger partial charge in [-0.3, -0.25) is 4.98 Å². The SMILES string of the molecule is CCCNc1cncc(NCCn2ccnc2)c1. The quantitative estimate of drug-likeness (QED) is 0.785. The summed E-state index contributed by atoms with van der Waals surface area (Å²) in [6, 6.07) is 2.08. The highest BCUT2D eigenvalue weighted by Gasteiger charge is 1.96. The van der Waals surface area contributed by atoms with E-state index < -0.39 is 0 Å². The van der Waals surface area contributed by atoms with Crippen LogP contribution in [0.2, 0.25) is 0 Å². The first-order valence-electron chi connectivity index (χ1n) is 6.27. The highest BCUT2D eigenvalue weighted by Crippen LogP contribution is 2.12. The third-order valence-electron chi connectivity index (χ3n) is 2.58. The van der Waals surface area contributed by atoms with Gasteiger partial charge in [-0.1, -0.05) is 6.92 Å². The number of nitrogens with zero attached hydrogens (tertiary/aromatic N) is 3. The number of imidazole rings is 1. The van der Waals surface area contributed by atoms with Crippen LogP contribution in [-0.4, -0.2) is 27.6 Å². The summed E-state index contributed by atoms with van der Waals surface area (Å²) in [5, 5.41) is 6.67. The lowest BCUT2D eigenvalue weighted by molar-refractivity contribution is 0.727. The van der Waals surface area contributed by atoms with Crippen LogP contribution in [-0.2, 0) is 6.54 Å². The van der Waals surface area contributed by atoms with Crippen molar-refractivity contribution in [1.82, 2.24) is 14.5 Å². The van der Waals surface area contributed by atoms with Gasteiger partial charge in [0, 0.05) is 32.0 Å². The zero-order valence-electron chi connectivity index (χ0n) is 10.6. The monoisotopic (exact) mass is 245 g/mol. The lowest BCUT2D eigenvalue weighted by atomic mass is 10.3. The van der Waals surface area contributed by atoms with Crippen molar-refractivity contribution in [2.24, 2.45) is 0 Å². The summed E-state index contributed by atoms with van der Waals surface area (Å²) in [6.45, 7) is 4.87. The third-order valence-corrected chi connectivity index (χ3v) is 2.58. The van der Waals surface area contributed by atoms with Gasteiger partial charge in [0.05, 0.1) is 30.1 Å². The molecule has 0 fully saturated rings. The van der Waals surface area contributed by atoms with Crippen molar-refractivity contribution in [1.29, 1.82) is 0 Å². The number of hydrogen-bond donors (Lipinski definition) is 2. The average molecular weight is 245 g/mol. The molecule has 0 aliphatic heterocycles. The Bertz CT molecular complexity index is 452. The van der Waals surface area contributed by atoms with Crippen molar-refractivity contribution in [3.8, 4) is 0 Å². The van der Waals surface area contributed by atoms with Gasteiger partial charge in [0.15, 0.2) is 0 Å². The zero-order chi connectivity index (χ0) is 12.6. The van der Waals surface area contributed by atoms with Gasteiger partial charge in [0.2, 0.25) is 0 Å². The smallest absolute Gasteiger partial charge is 0.0946 e. The van der Waals surface area contributed by atoms with Gasteiger partial charge in [-0.15, -0.1) is 0 Å². The van der Waals surface area contributed by atoms with E-state index in [1.54, 1.807) is 6.20 Å². The van der Waals surface area contributed by atoms with Gasteiger partial charge < -0.3 is 15.2 Å². The van der Waals surface area contributed by atoms with Crippen LogP contribution in [0.25, 0.3) is 0 Å². The maximum Gasteiger partial charge on any atom is 0.0946 e. The van der Waals surface area contributed by atoms with E-state index in [4.69, 9.17) is 0 Å². The van der Waals surface area contributed by atoms with Crippen molar-refractivity contribution < 1.29 is 0 Å². The molecule has 0 saturated heterocycles. The fourth-order valence-corrected chi connectivity index (χ4v) is 1.65. The second-order valence-corrected chi connectivity index (χ2v) is 4.12. The van der Waals surface area contributed by atoms with Gasteiger partial charge in [0.1, 0.15) is 0 Å². The molecule has 0 aliphatic rings. The average Bonchev–Trinajstić information content (AvgIpc) is 2.90. The Morgan fingerprint density at radius 2 is 1.89 bits per heavy atom. The van der Waals surface area contributed by atoms with Crippen LogP contribution < -0.4 is 10.6 Å². The summed E-state index contributed by atoms with van der Waals surface area (Å²) in [6.07, 6.45) is 10.4. The van der Waals surface area contributed by atoms with Crippen molar-refractivity contribution in [2.45, 2.75) is 19.9 Å². The number of anilines is 2. The molecule has 0 unspecified atom stereocenters. The Kier molecular flexibility index (Phi) is 4.58. The van der Waals surface area contributed by atoms with Crippen molar-refractivity contribution in [3.63, 3.8) is 0 Å². The molecule has 0 amide bonds. The Labute approximate surface area is 107 Å². The Morgan fingerprint density at radius 1 is 1.11 bits per heavy atom. The van der Waals surface area contributed by atoms with Crippen LogP contribution >= 0.6 is 0 Å². The second kappa shape index (κ2) is 6.64. The lowest BCUT2D eigenvalue weighted by Crippen LogP contribution is -2.09. The van der Waals surface area contributed by atoms with Gasteiger partial charge in [-0.25, -0.2) is 4.98 Å². The first kappa shape index (κ1) is 12.4. The van der Waals surface area contributed by atoms with Crippen LogP contribution in [0.1, 0.15) is 13.3 Å². The molecule has 0 aromatic carbocycles. The highest BCUT2D eigenvalue weighted by molar-refractivity contribution is 5.53. The molecule has 2 rings (SSSR count). The maximum atomic E-state index is 4.21. The van der Waals surface area contributed by atoms with E-state index in [1.807, 2.05) is 29.5 Å². The van der Waals surface area contributed by atoms with Crippen molar-refractivity contribution >= 4 is 11.4 Å². The molecule has 0 atom stereocenters. The molecule has 5 heteroatoms. The van der Waals surface area contributed by atoms with Crippen molar-refractivity contribution in [3.05, 3.63) is 37.2 Å². The van der Waals surface area contributed by atoms with E-state index >= 15 is 0 Å². The summed E-state index contributed by atoms with van der Waals surface area (Å²) in [7, 11) is 0. The van der Waals surface area contributed by atoms with E-state index in [1.165, 1.54) is 0 Å². The minimum atomic E-state index is 0.856. The van der Waals surface area contributed by atoms with E-state index in [2.05, 4.69) is 33.6 Å². The number of nitrogens with one attached hydrogen (secondary N) is 2. The van der Waals surface area contributed by atoms with Crippen LogP contribution in [0.3, 0.4) is 0 Å². The Morgan fingerprint density at radius 3 is 2.56 bits per heavy atom. The molecule has 0 radical (unpaired) electrons. The van der Waals surface area contributed by atoms with E-state index in [0.29, 0.717) is 0 Å². The highest BCUT2D eigenvalue weighted by atomic mass is 15.0. The first-order chi connectivity index (χ1) is 8.88. The summed E-state index contributed by atoms with van der Waals surface area (Å²) in [5.74, 6) is 0.